The van der Waals surface area contributed by atoms with Crippen molar-refractivity contribution >= 4 is 23.0 Å². The van der Waals surface area contributed by atoms with Crippen LogP contribution >= 0.6 is 0 Å². The third-order valence-electron chi connectivity index (χ3n) is 8.24. The molecule has 0 aliphatic carbocycles. The highest BCUT2D eigenvalue weighted by atomic mass is 16.5. The first-order valence-corrected chi connectivity index (χ1v) is 16.0. The van der Waals surface area contributed by atoms with Gasteiger partial charge in [-0.2, -0.15) is 4.98 Å². The first kappa shape index (κ1) is 31.9. The van der Waals surface area contributed by atoms with Crippen molar-refractivity contribution in [3.8, 4) is 11.5 Å². The van der Waals surface area contributed by atoms with Gasteiger partial charge in [0.25, 0.3) is 11.5 Å². The number of nitrogens with zero attached hydrogens (tertiary/aromatic N) is 5. The maximum atomic E-state index is 13.6. The van der Waals surface area contributed by atoms with Gasteiger partial charge in [0.15, 0.2) is 17.8 Å². The van der Waals surface area contributed by atoms with Gasteiger partial charge in [-0.25, -0.2) is 4.79 Å². The molecule has 1 N–H and O–H groups in total. The topological polar surface area (TPSA) is 113 Å². The summed E-state index contributed by atoms with van der Waals surface area (Å²) >= 11 is 0. The number of aromatic nitrogens is 4. The minimum absolute atomic E-state index is 0.0726. The minimum Gasteiger partial charge on any atom is -0.497 e. The third-order valence-corrected chi connectivity index (χ3v) is 8.24. The van der Waals surface area contributed by atoms with Gasteiger partial charge in [0.1, 0.15) is 11.5 Å². The second-order valence-electron chi connectivity index (χ2n) is 11.5. The van der Waals surface area contributed by atoms with Crippen LogP contribution in [-0.4, -0.2) is 51.4 Å². The molecule has 0 spiro atoms. The number of fused-ring (bicyclic) bond motifs is 3. The Kier molecular flexibility index (Phi) is 10.6. The normalized spacial score (nSPS) is 12.7. The number of unbranched alkanes of at least 4 members (excludes halogenated alkanes) is 2. The standard InChI is InChI=1S/C34H44N6O5/c1-4-6-18-39-31-30(32(42)40(34(39)43)19-7-5-2)38-20-9-17-37(33(38)36-31)21-16-25-12-14-27(15-13-25)45-24-29(41)35-23-26-10-8-11-28(22-26)44-3/h8,10-15,22H,4-7,9,16-21,23-24H2,1-3H3,(H,35,41). The predicted molar refractivity (Wildman–Crippen MR) is 175 cm³/mol. The summed E-state index contributed by atoms with van der Waals surface area (Å²) in [5.41, 5.74) is 2.62. The Hall–Kier alpha value is -4.54. The highest BCUT2D eigenvalue weighted by Gasteiger charge is 2.26. The van der Waals surface area contributed by atoms with Crippen molar-refractivity contribution in [3.05, 3.63) is 80.5 Å². The number of anilines is 1. The number of hydrogen-bond acceptors (Lipinski definition) is 7. The van der Waals surface area contributed by atoms with Crippen LogP contribution in [-0.2, 0) is 37.4 Å². The lowest BCUT2D eigenvalue weighted by molar-refractivity contribution is -0.123. The Morgan fingerprint density at radius 1 is 0.911 bits per heavy atom. The molecule has 1 amide bonds. The highest BCUT2D eigenvalue weighted by molar-refractivity contribution is 5.77. The number of benzene rings is 2. The van der Waals surface area contributed by atoms with Crippen molar-refractivity contribution in [2.45, 2.75) is 78.6 Å². The van der Waals surface area contributed by atoms with Gasteiger partial charge in [-0.1, -0.05) is 51.0 Å². The number of imidazole rings is 1. The Balaban J connectivity index is 1.23. The lowest BCUT2D eigenvalue weighted by Crippen LogP contribution is -2.41. The zero-order valence-electron chi connectivity index (χ0n) is 26.6. The van der Waals surface area contributed by atoms with Crippen LogP contribution in [0.25, 0.3) is 11.2 Å². The summed E-state index contributed by atoms with van der Waals surface area (Å²) in [6.07, 6.45) is 5.15. The smallest absolute Gasteiger partial charge is 0.332 e. The van der Waals surface area contributed by atoms with E-state index in [1.54, 1.807) is 11.7 Å². The van der Waals surface area contributed by atoms with E-state index in [0.29, 0.717) is 43.1 Å². The number of nitrogens with one attached hydrogen (secondary N) is 1. The predicted octanol–water partition coefficient (Wildman–Crippen LogP) is 4.12. The number of carbonyl (C=O) groups excluding carboxylic acids is 1. The van der Waals surface area contributed by atoms with Crippen LogP contribution in [0.1, 0.15) is 57.1 Å². The molecule has 2 aromatic heterocycles. The monoisotopic (exact) mass is 616 g/mol. The van der Waals surface area contributed by atoms with E-state index < -0.39 is 0 Å². The molecule has 2 aromatic carbocycles. The molecule has 3 heterocycles. The van der Waals surface area contributed by atoms with E-state index in [9.17, 15) is 14.4 Å². The first-order valence-electron chi connectivity index (χ1n) is 16.0. The number of aryl methyl sites for hydroxylation is 2. The summed E-state index contributed by atoms with van der Waals surface area (Å²) in [6, 6.07) is 15.3. The molecule has 45 heavy (non-hydrogen) atoms. The SMILES string of the molecule is CCCCn1c(=O)c2c(nc3n2CCCN3CCc2ccc(OCC(=O)NCc3cccc(OC)c3)cc2)n(CCCC)c1=O. The maximum absolute atomic E-state index is 13.6. The first-order chi connectivity index (χ1) is 21.9. The van der Waals surface area contributed by atoms with Gasteiger partial charge in [0, 0.05) is 39.3 Å². The van der Waals surface area contributed by atoms with E-state index >= 15 is 0 Å². The summed E-state index contributed by atoms with van der Waals surface area (Å²) in [6.45, 7) is 7.71. The van der Waals surface area contributed by atoms with Crippen molar-refractivity contribution in [1.82, 2.24) is 24.0 Å². The second-order valence-corrected chi connectivity index (χ2v) is 11.5. The summed E-state index contributed by atoms with van der Waals surface area (Å²) in [5.74, 6) is 1.93. The number of hydrogen-bond donors (Lipinski definition) is 1. The Bertz CT molecular complexity index is 1720. The van der Waals surface area contributed by atoms with E-state index in [1.165, 1.54) is 4.57 Å². The molecule has 240 valence electrons. The molecule has 0 radical (unpaired) electrons. The summed E-state index contributed by atoms with van der Waals surface area (Å²) in [4.78, 5) is 46.4. The molecule has 0 atom stereocenters. The number of carbonyl (C=O) groups is 1. The molecule has 11 heteroatoms. The van der Waals surface area contributed by atoms with E-state index in [0.717, 1.165) is 74.4 Å². The summed E-state index contributed by atoms with van der Waals surface area (Å²) in [7, 11) is 1.61. The fraction of sp³-hybridized carbons (Fsp3) is 0.471. The van der Waals surface area contributed by atoms with Gasteiger partial charge < -0.3 is 24.3 Å². The summed E-state index contributed by atoms with van der Waals surface area (Å²) < 4.78 is 16.1. The van der Waals surface area contributed by atoms with Crippen molar-refractivity contribution < 1.29 is 14.3 Å². The Morgan fingerprint density at radius 2 is 1.67 bits per heavy atom. The lowest BCUT2D eigenvalue weighted by atomic mass is 10.1. The molecule has 0 fully saturated rings. The zero-order valence-corrected chi connectivity index (χ0v) is 26.6. The summed E-state index contributed by atoms with van der Waals surface area (Å²) in [5, 5.41) is 2.87. The van der Waals surface area contributed by atoms with Gasteiger partial charge in [-0.3, -0.25) is 18.7 Å². The van der Waals surface area contributed by atoms with E-state index in [1.807, 2.05) is 53.1 Å². The van der Waals surface area contributed by atoms with Crippen molar-refractivity contribution in [2.24, 2.45) is 0 Å². The number of amides is 1. The molecule has 1 aliphatic rings. The maximum Gasteiger partial charge on any atom is 0.332 e. The molecule has 4 aromatic rings. The van der Waals surface area contributed by atoms with Gasteiger partial charge in [-0.05, 0) is 61.1 Å². The lowest BCUT2D eigenvalue weighted by Gasteiger charge is -2.29. The van der Waals surface area contributed by atoms with Crippen LogP contribution in [0.4, 0.5) is 5.95 Å². The number of methoxy groups -OCH3 is 1. The van der Waals surface area contributed by atoms with Gasteiger partial charge in [0.05, 0.1) is 7.11 Å². The van der Waals surface area contributed by atoms with E-state index in [2.05, 4.69) is 24.1 Å². The number of ether oxygens (including phenoxy) is 2. The van der Waals surface area contributed by atoms with Crippen LogP contribution in [0, 0.1) is 0 Å². The average molecular weight is 617 g/mol. The van der Waals surface area contributed by atoms with Gasteiger partial charge in [-0.15, -0.1) is 0 Å². The molecule has 11 nitrogen and oxygen atoms in total. The van der Waals surface area contributed by atoms with Crippen LogP contribution in [0.5, 0.6) is 11.5 Å². The van der Waals surface area contributed by atoms with Gasteiger partial charge in [0.2, 0.25) is 5.95 Å². The molecule has 1 aliphatic heterocycles. The highest BCUT2D eigenvalue weighted by Crippen LogP contribution is 2.25. The fourth-order valence-electron chi connectivity index (χ4n) is 5.69. The molecule has 0 saturated heterocycles. The van der Waals surface area contributed by atoms with Gasteiger partial charge >= 0.3 is 5.69 Å². The van der Waals surface area contributed by atoms with Crippen molar-refractivity contribution in [2.75, 3.05) is 31.7 Å². The van der Waals surface area contributed by atoms with Crippen LogP contribution in [0.15, 0.2) is 58.1 Å². The van der Waals surface area contributed by atoms with Crippen LogP contribution < -0.4 is 30.9 Å². The molecule has 0 bridgehead atoms. The third kappa shape index (κ3) is 7.41. The Labute approximate surface area is 263 Å². The van der Waals surface area contributed by atoms with E-state index in [-0.39, 0.29) is 23.8 Å². The Morgan fingerprint density at radius 3 is 2.40 bits per heavy atom. The second kappa shape index (κ2) is 15.0. The molecular formula is C34H44N6O5. The van der Waals surface area contributed by atoms with Crippen LogP contribution in [0.2, 0.25) is 0 Å². The van der Waals surface area contributed by atoms with E-state index in [4.69, 9.17) is 14.5 Å². The zero-order chi connectivity index (χ0) is 31.8. The quantitative estimate of drug-likeness (QED) is 0.214. The molecule has 5 rings (SSSR count). The minimum atomic E-state index is -0.256. The number of rotatable bonds is 15. The van der Waals surface area contributed by atoms with Crippen molar-refractivity contribution in [3.63, 3.8) is 0 Å². The average Bonchev–Trinajstić information content (AvgIpc) is 3.46. The van der Waals surface area contributed by atoms with Crippen molar-refractivity contribution in [1.29, 1.82) is 0 Å². The largest absolute Gasteiger partial charge is 0.497 e. The molecule has 0 unspecified atom stereocenters. The molecule has 0 saturated carbocycles. The molecular weight excluding hydrogens is 572 g/mol. The fourth-order valence-corrected chi connectivity index (χ4v) is 5.69. The van der Waals surface area contributed by atoms with Crippen LogP contribution in [0.3, 0.4) is 0 Å².